The van der Waals surface area contributed by atoms with Gasteiger partial charge in [0, 0.05) is 7.05 Å². The first-order valence-electron chi connectivity index (χ1n) is 3.48. The average molecular weight is 156 g/mol. The highest BCUT2D eigenvalue weighted by Gasteiger charge is 2.09. The molecule has 3 N–H and O–H groups in total. The van der Waals surface area contributed by atoms with E-state index in [2.05, 4.69) is 10.3 Å². The summed E-state index contributed by atoms with van der Waals surface area (Å²) in [6.45, 7) is 0.456. The minimum absolute atomic E-state index is 0.456. The van der Waals surface area contributed by atoms with Crippen molar-refractivity contribution >= 4 is 0 Å². The molecule has 0 amide bonds. The Labute approximate surface area is 64.8 Å². The Balaban J connectivity index is 2.60. The number of aromatic nitrogens is 3. The molecule has 1 rings (SSSR count). The summed E-state index contributed by atoms with van der Waals surface area (Å²) in [4.78, 5) is 0. The number of nitrogens with two attached hydrogens (primary N) is 1. The molecular formula is C6H12N4O. The summed E-state index contributed by atoms with van der Waals surface area (Å²) in [6, 6.07) is 0. The van der Waals surface area contributed by atoms with Gasteiger partial charge < -0.3 is 10.8 Å². The molecule has 1 heterocycles. The summed E-state index contributed by atoms with van der Waals surface area (Å²) < 4.78 is 1.55. The number of hydrogen-bond donors (Lipinski definition) is 2. The third kappa shape index (κ3) is 1.99. The Morgan fingerprint density at radius 1 is 1.82 bits per heavy atom. The first kappa shape index (κ1) is 8.16. The van der Waals surface area contributed by atoms with Crippen molar-refractivity contribution in [3.63, 3.8) is 0 Å². The van der Waals surface area contributed by atoms with Crippen LogP contribution in [0.25, 0.3) is 0 Å². The lowest BCUT2D eigenvalue weighted by Crippen LogP contribution is -2.06. The Morgan fingerprint density at radius 2 is 2.55 bits per heavy atom. The summed E-state index contributed by atoms with van der Waals surface area (Å²) in [7, 11) is 1.76. The SMILES string of the molecule is Cn1cc(C(O)CCN)nn1. The average Bonchev–Trinajstić information content (AvgIpc) is 2.36. The molecule has 11 heavy (non-hydrogen) atoms. The van der Waals surface area contributed by atoms with Gasteiger partial charge in [-0.05, 0) is 13.0 Å². The molecule has 62 valence electrons. The van der Waals surface area contributed by atoms with Gasteiger partial charge in [0.1, 0.15) is 11.8 Å². The second kappa shape index (κ2) is 3.45. The normalized spacial score (nSPS) is 13.4. The van der Waals surface area contributed by atoms with Crippen molar-refractivity contribution in [3.05, 3.63) is 11.9 Å². The maximum Gasteiger partial charge on any atom is 0.111 e. The number of aliphatic hydroxyl groups excluding tert-OH is 1. The van der Waals surface area contributed by atoms with Crippen LogP contribution >= 0.6 is 0 Å². The van der Waals surface area contributed by atoms with Gasteiger partial charge in [0.2, 0.25) is 0 Å². The number of nitrogens with zero attached hydrogens (tertiary/aromatic N) is 3. The Kier molecular flexibility index (Phi) is 2.56. The van der Waals surface area contributed by atoms with Crippen LogP contribution in [0, 0.1) is 0 Å². The number of rotatable bonds is 3. The van der Waals surface area contributed by atoms with Crippen molar-refractivity contribution in [2.45, 2.75) is 12.5 Å². The van der Waals surface area contributed by atoms with Crippen molar-refractivity contribution in [3.8, 4) is 0 Å². The quantitative estimate of drug-likeness (QED) is 0.600. The second-order valence-electron chi connectivity index (χ2n) is 2.41. The number of aliphatic hydroxyl groups is 1. The van der Waals surface area contributed by atoms with Gasteiger partial charge in [-0.15, -0.1) is 5.10 Å². The molecule has 0 fully saturated rings. The lowest BCUT2D eigenvalue weighted by molar-refractivity contribution is 0.165. The van der Waals surface area contributed by atoms with E-state index < -0.39 is 6.10 Å². The number of hydrogen-bond acceptors (Lipinski definition) is 4. The molecule has 1 atom stereocenters. The van der Waals surface area contributed by atoms with E-state index in [9.17, 15) is 5.11 Å². The summed E-state index contributed by atoms with van der Waals surface area (Å²) in [5.74, 6) is 0. The van der Waals surface area contributed by atoms with E-state index in [1.165, 1.54) is 0 Å². The number of aryl methyl sites for hydroxylation is 1. The molecule has 0 aliphatic rings. The van der Waals surface area contributed by atoms with Gasteiger partial charge in [-0.3, -0.25) is 4.68 Å². The topological polar surface area (TPSA) is 77.0 Å². The predicted octanol–water partition coefficient (Wildman–Crippen LogP) is -0.803. The van der Waals surface area contributed by atoms with E-state index in [1.807, 2.05) is 0 Å². The van der Waals surface area contributed by atoms with E-state index in [1.54, 1.807) is 17.9 Å². The van der Waals surface area contributed by atoms with Gasteiger partial charge in [0.05, 0.1) is 6.20 Å². The fourth-order valence-electron chi connectivity index (χ4n) is 0.824. The lowest BCUT2D eigenvalue weighted by Gasteiger charge is -2.02. The van der Waals surface area contributed by atoms with E-state index in [-0.39, 0.29) is 0 Å². The maximum absolute atomic E-state index is 9.34. The Morgan fingerprint density at radius 3 is 3.00 bits per heavy atom. The predicted molar refractivity (Wildman–Crippen MR) is 39.6 cm³/mol. The maximum atomic E-state index is 9.34. The molecule has 1 aromatic rings. The zero-order valence-corrected chi connectivity index (χ0v) is 6.44. The fourth-order valence-corrected chi connectivity index (χ4v) is 0.824. The molecule has 0 aromatic carbocycles. The molecule has 0 bridgehead atoms. The summed E-state index contributed by atoms with van der Waals surface area (Å²) in [6.07, 6.45) is 1.63. The van der Waals surface area contributed by atoms with Gasteiger partial charge in [0.15, 0.2) is 0 Å². The molecule has 0 aliphatic heterocycles. The second-order valence-corrected chi connectivity index (χ2v) is 2.41. The molecule has 0 saturated carbocycles. The van der Waals surface area contributed by atoms with Crippen LogP contribution in [-0.2, 0) is 7.05 Å². The Bertz CT molecular complexity index is 222. The van der Waals surface area contributed by atoms with Crippen LogP contribution < -0.4 is 5.73 Å². The molecule has 0 radical (unpaired) electrons. The highest BCUT2D eigenvalue weighted by atomic mass is 16.3. The molecule has 1 unspecified atom stereocenters. The third-order valence-electron chi connectivity index (χ3n) is 1.40. The smallest absolute Gasteiger partial charge is 0.111 e. The van der Waals surface area contributed by atoms with Crippen molar-refractivity contribution in [1.29, 1.82) is 0 Å². The van der Waals surface area contributed by atoms with Gasteiger partial charge in [0.25, 0.3) is 0 Å². The van der Waals surface area contributed by atoms with Crippen LogP contribution in [0.2, 0.25) is 0 Å². The van der Waals surface area contributed by atoms with Crippen LogP contribution in [0.3, 0.4) is 0 Å². The van der Waals surface area contributed by atoms with E-state index in [0.717, 1.165) is 0 Å². The van der Waals surface area contributed by atoms with Crippen LogP contribution in [-0.4, -0.2) is 26.6 Å². The third-order valence-corrected chi connectivity index (χ3v) is 1.40. The molecule has 0 aliphatic carbocycles. The molecule has 5 nitrogen and oxygen atoms in total. The largest absolute Gasteiger partial charge is 0.387 e. The van der Waals surface area contributed by atoms with Crippen molar-refractivity contribution in [1.82, 2.24) is 15.0 Å². The molecule has 0 spiro atoms. The first-order chi connectivity index (χ1) is 5.24. The molecule has 1 aromatic heterocycles. The van der Waals surface area contributed by atoms with Crippen molar-refractivity contribution < 1.29 is 5.11 Å². The van der Waals surface area contributed by atoms with Crippen LogP contribution in [0.15, 0.2) is 6.20 Å². The van der Waals surface area contributed by atoms with Crippen LogP contribution in [0.1, 0.15) is 18.2 Å². The molecule has 5 heteroatoms. The standard InChI is InChI=1S/C6H12N4O/c1-10-4-5(8-9-10)6(11)2-3-7/h4,6,11H,2-3,7H2,1H3. The summed E-state index contributed by atoms with van der Waals surface area (Å²) in [5.41, 5.74) is 5.84. The van der Waals surface area contributed by atoms with Gasteiger partial charge in [-0.25, -0.2) is 0 Å². The Hall–Kier alpha value is -0.940. The monoisotopic (exact) mass is 156 g/mol. The lowest BCUT2D eigenvalue weighted by atomic mass is 10.2. The van der Waals surface area contributed by atoms with Crippen LogP contribution in [0.4, 0.5) is 0 Å². The minimum atomic E-state index is -0.575. The first-order valence-corrected chi connectivity index (χ1v) is 3.48. The van der Waals surface area contributed by atoms with Crippen molar-refractivity contribution in [2.75, 3.05) is 6.54 Å². The molecular weight excluding hydrogens is 144 g/mol. The van der Waals surface area contributed by atoms with Crippen molar-refractivity contribution in [2.24, 2.45) is 12.8 Å². The van der Waals surface area contributed by atoms with Crippen LogP contribution in [0.5, 0.6) is 0 Å². The highest BCUT2D eigenvalue weighted by Crippen LogP contribution is 2.10. The minimum Gasteiger partial charge on any atom is -0.387 e. The van der Waals surface area contributed by atoms with Gasteiger partial charge >= 0.3 is 0 Å². The molecule has 0 saturated heterocycles. The van der Waals surface area contributed by atoms with Gasteiger partial charge in [-0.1, -0.05) is 5.21 Å². The zero-order valence-electron chi connectivity index (χ0n) is 6.44. The summed E-state index contributed by atoms with van der Waals surface area (Å²) >= 11 is 0. The highest BCUT2D eigenvalue weighted by molar-refractivity contribution is 4.96. The fraction of sp³-hybridized carbons (Fsp3) is 0.667. The van der Waals surface area contributed by atoms with E-state index in [4.69, 9.17) is 5.73 Å². The van der Waals surface area contributed by atoms with Gasteiger partial charge in [-0.2, -0.15) is 0 Å². The van der Waals surface area contributed by atoms with E-state index in [0.29, 0.717) is 18.7 Å². The zero-order chi connectivity index (χ0) is 8.27. The summed E-state index contributed by atoms with van der Waals surface area (Å²) in [5, 5.41) is 16.8. The van der Waals surface area contributed by atoms with E-state index >= 15 is 0 Å².